The van der Waals surface area contributed by atoms with Crippen molar-refractivity contribution >= 4 is 23.2 Å². The van der Waals surface area contributed by atoms with E-state index in [4.69, 9.17) is 5.73 Å². The third-order valence-electron chi connectivity index (χ3n) is 2.91. The molecule has 1 saturated carbocycles. The highest BCUT2D eigenvalue weighted by Crippen LogP contribution is 2.28. The Hall–Kier alpha value is -2.24. The normalized spacial score (nSPS) is 14.9. The Bertz CT molecular complexity index is 482. The van der Waals surface area contributed by atoms with Gasteiger partial charge in [-0.1, -0.05) is 12.1 Å². The third kappa shape index (κ3) is 3.87. The predicted molar refractivity (Wildman–Crippen MR) is 77.0 cm³/mol. The molecule has 102 valence electrons. The number of para-hydroxylation sites is 2. The Morgan fingerprint density at radius 2 is 2.05 bits per heavy atom. The molecular formula is C13H19N5O. The first-order valence-corrected chi connectivity index (χ1v) is 6.32. The molecule has 1 aromatic rings. The molecule has 0 saturated heterocycles. The Kier molecular flexibility index (Phi) is 4.22. The van der Waals surface area contributed by atoms with Gasteiger partial charge in [-0.25, -0.2) is 4.99 Å². The van der Waals surface area contributed by atoms with Crippen molar-refractivity contribution in [3.63, 3.8) is 0 Å². The molecule has 19 heavy (non-hydrogen) atoms. The zero-order valence-electron chi connectivity index (χ0n) is 10.9. The summed E-state index contributed by atoms with van der Waals surface area (Å²) >= 11 is 0. The Balaban J connectivity index is 1.82. The number of hydrogen-bond donors (Lipinski definition) is 4. The number of guanidine groups is 1. The van der Waals surface area contributed by atoms with Gasteiger partial charge in [-0.2, -0.15) is 0 Å². The van der Waals surface area contributed by atoms with Crippen LogP contribution in [0.25, 0.3) is 0 Å². The van der Waals surface area contributed by atoms with Crippen LogP contribution in [-0.2, 0) is 4.79 Å². The van der Waals surface area contributed by atoms with Crippen molar-refractivity contribution in [3.8, 4) is 0 Å². The topological polar surface area (TPSA) is 91.5 Å². The minimum atomic E-state index is -0.0307. The summed E-state index contributed by atoms with van der Waals surface area (Å²) in [5.41, 5.74) is 7.56. The van der Waals surface area contributed by atoms with Gasteiger partial charge in [-0.3, -0.25) is 10.1 Å². The summed E-state index contributed by atoms with van der Waals surface area (Å²) in [6.45, 7) is 0.315. The lowest BCUT2D eigenvalue weighted by atomic mass is 10.2. The lowest BCUT2D eigenvalue weighted by Gasteiger charge is -2.10. The number of nitrogens with one attached hydrogen (secondary N) is 3. The van der Waals surface area contributed by atoms with Crippen LogP contribution in [0, 0.1) is 5.92 Å². The molecule has 6 nitrogen and oxygen atoms in total. The molecule has 1 aliphatic rings. The summed E-state index contributed by atoms with van der Waals surface area (Å²) in [6.07, 6.45) is 1.90. The van der Waals surface area contributed by atoms with Crippen LogP contribution < -0.4 is 21.7 Å². The van der Waals surface area contributed by atoms with Crippen molar-refractivity contribution < 1.29 is 4.79 Å². The highest BCUT2D eigenvalue weighted by molar-refractivity contribution is 5.98. The first-order valence-electron chi connectivity index (χ1n) is 6.32. The summed E-state index contributed by atoms with van der Waals surface area (Å²) in [6, 6.07) is 7.79. The molecule has 1 fully saturated rings. The van der Waals surface area contributed by atoms with E-state index in [2.05, 4.69) is 20.9 Å². The maximum absolute atomic E-state index is 11.4. The van der Waals surface area contributed by atoms with Crippen LogP contribution in [0.3, 0.4) is 0 Å². The minimum absolute atomic E-state index is 0.0307. The molecule has 6 heteroatoms. The first kappa shape index (κ1) is 13.2. The van der Waals surface area contributed by atoms with E-state index in [-0.39, 0.29) is 17.8 Å². The third-order valence-corrected chi connectivity index (χ3v) is 2.91. The largest absolute Gasteiger partial charge is 0.386 e. The van der Waals surface area contributed by atoms with Crippen LogP contribution in [0.1, 0.15) is 12.8 Å². The zero-order valence-corrected chi connectivity index (χ0v) is 10.9. The van der Waals surface area contributed by atoms with Gasteiger partial charge in [0.15, 0.2) is 5.96 Å². The smallest absolute Gasteiger partial charge is 0.229 e. The number of nitrogens with zero attached hydrogens (tertiary/aromatic N) is 1. The van der Waals surface area contributed by atoms with Gasteiger partial charge in [-0.15, -0.1) is 0 Å². The molecule has 5 N–H and O–H groups in total. The average molecular weight is 261 g/mol. The molecule has 0 atom stereocenters. The number of benzene rings is 1. The molecule has 0 heterocycles. The molecule has 2 rings (SSSR count). The molecule has 1 aliphatic carbocycles. The quantitative estimate of drug-likeness (QED) is 0.469. The number of nitrogens with two attached hydrogens (primary N) is 1. The van der Waals surface area contributed by atoms with Crippen LogP contribution >= 0.6 is 0 Å². The number of carbonyl (C=O) groups is 1. The van der Waals surface area contributed by atoms with E-state index in [9.17, 15) is 4.79 Å². The van der Waals surface area contributed by atoms with Gasteiger partial charge < -0.3 is 16.4 Å². The van der Waals surface area contributed by atoms with Crippen LogP contribution in [0.5, 0.6) is 0 Å². The van der Waals surface area contributed by atoms with Crippen molar-refractivity contribution in [3.05, 3.63) is 24.3 Å². The second-order valence-electron chi connectivity index (χ2n) is 4.44. The molecule has 0 aromatic heterocycles. The van der Waals surface area contributed by atoms with Crippen molar-refractivity contribution in [2.24, 2.45) is 16.6 Å². The van der Waals surface area contributed by atoms with Gasteiger partial charge in [0, 0.05) is 13.0 Å². The average Bonchev–Trinajstić information content (AvgIpc) is 3.23. The molecule has 1 amide bonds. The second-order valence-corrected chi connectivity index (χ2v) is 4.44. The maximum atomic E-state index is 11.4. The van der Waals surface area contributed by atoms with Crippen LogP contribution in [0.2, 0.25) is 0 Å². The zero-order chi connectivity index (χ0) is 13.7. The SMILES string of the molecule is CNc1ccccc1NC/N=C(\N)NC(=O)C1CC1. The maximum Gasteiger partial charge on any atom is 0.229 e. The second kappa shape index (κ2) is 6.08. The standard InChI is InChI=1S/C13H19N5O/c1-15-10-4-2-3-5-11(10)16-8-17-13(14)18-12(19)9-6-7-9/h2-5,9,15-16H,6-8H2,1H3,(H3,14,17,18,19). The number of aliphatic imine (C=N–C) groups is 1. The summed E-state index contributed by atoms with van der Waals surface area (Å²) in [7, 11) is 1.86. The van der Waals surface area contributed by atoms with E-state index < -0.39 is 0 Å². The molecule has 0 aliphatic heterocycles. The molecule has 0 radical (unpaired) electrons. The summed E-state index contributed by atoms with van der Waals surface area (Å²) in [5, 5.41) is 8.80. The molecule has 0 spiro atoms. The van der Waals surface area contributed by atoms with E-state index >= 15 is 0 Å². The van der Waals surface area contributed by atoms with E-state index in [0.29, 0.717) is 6.67 Å². The lowest BCUT2D eigenvalue weighted by Crippen LogP contribution is -2.38. The van der Waals surface area contributed by atoms with Gasteiger partial charge in [0.05, 0.1) is 11.4 Å². The van der Waals surface area contributed by atoms with Gasteiger partial charge >= 0.3 is 0 Å². The van der Waals surface area contributed by atoms with Crippen molar-refractivity contribution in [1.29, 1.82) is 0 Å². The molecular weight excluding hydrogens is 242 g/mol. The van der Waals surface area contributed by atoms with Crippen molar-refractivity contribution in [2.45, 2.75) is 12.8 Å². The fraction of sp³-hybridized carbons (Fsp3) is 0.385. The Morgan fingerprint density at radius 3 is 2.68 bits per heavy atom. The lowest BCUT2D eigenvalue weighted by molar-refractivity contribution is -0.120. The summed E-state index contributed by atoms with van der Waals surface area (Å²) in [4.78, 5) is 15.5. The van der Waals surface area contributed by atoms with Crippen LogP contribution in [0.15, 0.2) is 29.3 Å². The fourth-order valence-corrected chi connectivity index (χ4v) is 1.68. The van der Waals surface area contributed by atoms with Gasteiger partial charge in [-0.05, 0) is 25.0 Å². The number of anilines is 2. The predicted octanol–water partition coefficient (Wildman–Crippen LogP) is 0.939. The van der Waals surface area contributed by atoms with Gasteiger partial charge in [0.25, 0.3) is 0 Å². The highest BCUT2D eigenvalue weighted by Gasteiger charge is 2.29. The van der Waals surface area contributed by atoms with E-state index in [1.165, 1.54) is 0 Å². The van der Waals surface area contributed by atoms with Crippen LogP contribution in [0.4, 0.5) is 11.4 Å². The molecule has 1 aromatic carbocycles. The van der Waals surface area contributed by atoms with Crippen molar-refractivity contribution in [2.75, 3.05) is 24.3 Å². The summed E-state index contributed by atoms with van der Waals surface area (Å²) in [5.74, 6) is 0.259. The van der Waals surface area contributed by atoms with E-state index in [1.807, 2.05) is 31.3 Å². The van der Waals surface area contributed by atoms with Gasteiger partial charge in [0.2, 0.25) is 5.91 Å². The fourth-order valence-electron chi connectivity index (χ4n) is 1.68. The number of hydrogen-bond acceptors (Lipinski definition) is 4. The monoisotopic (exact) mass is 261 g/mol. The molecule has 0 bridgehead atoms. The van der Waals surface area contributed by atoms with Crippen LogP contribution in [-0.4, -0.2) is 25.6 Å². The Labute approximate surface area is 112 Å². The first-order chi connectivity index (χ1) is 9.20. The number of rotatable bonds is 5. The van der Waals surface area contributed by atoms with E-state index in [1.54, 1.807) is 0 Å². The van der Waals surface area contributed by atoms with Gasteiger partial charge in [0.1, 0.15) is 6.67 Å². The number of amides is 1. The highest BCUT2D eigenvalue weighted by atomic mass is 16.2. The number of carbonyl (C=O) groups excluding carboxylic acids is 1. The minimum Gasteiger partial charge on any atom is -0.386 e. The Morgan fingerprint density at radius 1 is 1.37 bits per heavy atom. The molecule has 0 unspecified atom stereocenters. The van der Waals surface area contributed by atoms with Crippen molar-refractivity contribution in [1.82, 2.24) is 5.32 Å². The van der Waals surface area contributed by atoms with E-state index in [0.717, 1.165) is 24.2 Å². The summed E-state index contributed by atoms with van der Waals surface area (Å²) < 4.78 is 0.